The van der Waals surface area contributed by atoms with Gasteiger partial charge >= 0.3 is 0 Å². The van der Waals surface area contributed by atoms with Crippen LogP contribution in [0.2, 0.25) is 5.02 Å². The molecule has 114 valence electrons. The fourth-order valence-electron chi connectivity index (χ4n) is 1.89. The second-order valence-electron chi connectivity index (χ2n) is 4.40. The molecule has 1 aromatic heterocycles. The first kappa shape index (κ1) is 16.8. The molecule has 0 unspecified atom stereocenters. The van der Waals surface area contributed by atoms with E-state index in [0.717, 1.165) is 10.4 Å². The minimum Gasteiger partial charge on any atom is -0.207 e. The summed E-state index contributed by atoms with van der Waals surface area (Å²) in [6.07, 6.45) is 0. The molecule has 0 amide bonds. The molecule has 1 aromatic carbocycles. The fourth-order valence-corrected chi connectivity index (χ4v) is 4.76. The van der Waals surface area contributed by atoms with E-state index in [1.165, 1.54) is 21.7 Å². The number of nitrogens with zero attached hydrogens (tertiary/aromatic N) is 1. The molecular weight excluding hydrogens is 349 g/mol. The maximum Gasteiger partial charge on any atom is 0.243 e. The number of thiophene rings is 1. The van der Waals surface area contributed by atoms with E-state index in [0.29, 0.717) is 18.1 Å². The third kappa shape index (κ3) is 3.79. The van der Waals surface area contributed by atoms with E-state index >= 15 is 0 Å². The quantitative estimate of drug-likeness (QED) is 0.715. The Bertz CT molecular complexity index is 700. The molecule has 0 atom stereocenters. The lowest BCUT2D eigenvalue weighted by Gasteiger charge is -2.20. The zero-order chi connectivity index (χ0) is 15.5. The zero-order valence-electron chi connectivity index (χ0n) is 11.4. The molecule has 0 bridgehead atoms. The van der Waals surface area contributed by atoms with Crippen molar-refractivity contribution in [2.75, 3.05) is 6.54 Å². The van der Waals surface area contributed by atoms with Crippen LogP contribution in [0, 0.1) is 0 Å². The molecule has 0 radical (unpaired) electrons. The fraction of sp³-hybridized carbons (Fsp3) is 0.286. The number of hydrogen-bond acceptors (Lipinski definition) is 3. The number of alkyl halides is 1. The van der Waals surface area contributed by atoms with Gasteiger partial charge in [0.1, 0.15) is 0 Å². The van der Waals surface area contributed by atoms with Gasteiger partial charge in [-0.05, 0) is 29.1 Å². The van der Waals surface area contributed by atoms with Crippen molar-refractivity contribution >= 4 is 44.6 Å². The average molecular weight is 364 g/mol. The zero-order valence-corrected chi connectivity index (χ0v) is 14.6. The van der Waals surface area contributed by atoms with Gasteiger partial charge in [0.05, 0.1) is 4.90 Å². The minimum absolute atomic E-state index is 0.194. The Kier molecular flexibility index (Phi) is 5.68. The summed E-state index contributed by atoms with van der Waals surface area (Å²) in [4.78, 5) is 1.20. The first-order valence-electron chi connectivity index (χ1n) is 6.36. The van der Waals surface area contributed by atoms with Crippen LogP contribution in [-0.2, 0) is 22.4 Å². The molecule has 3 nitrogen and oxygen atoms in total. The van der Waals surface area contributed by atoms with Crippen LogP contribution in [0.15, 0.2) is 40.6 Å². The topological polar surface area (TPSA) is 37.4 Å². The van der Waals surface area contributed by atoms with Crippen molar-refractivity contribution in [3.63, 3.8) is 0 Å². The number of benzene rings is 1. The highest BCUT2D eigenvalue weighted by molar-refractivity contribution is 7.89. The highest BCUT2D eigenvalue weighted by Crippen LogP contribution is 2.25. The largest absolute Gasteiger partial charge is 0.243 e. The molecule has 7 heteroatoms. The van der Waals surface area contributed by atoms with E-state index in [4.69, 9.17) is 23.2 Å². The third-order valence-corrected chi connectivity index (χ3v) is 6.49. The van der Waals surface area contributed by atoms with Crippen molar-refractivity contribution in [1.82, 2.24) is 4.31 Å². The number of sulfonamides is 1. The van der Waals surface area contributed by atoms with Gasteiger partial charge in [-0.3, -0.25) is 0 Å². The molecule has 0 aliphatic carbocycles. The van der Waals surface area contributed by atoms with Gasteiger partial charge in [-0.2, -0.15) is 4.31 Å². The molecule has 1 heterocycles. The van der Waals surface area contributed by atoms with Gasteiger partial charge in [0.25, 0.3) is 0 Å². The van der Waals surface area contributed by atoms with Gasteiger partial charge in [0.15, 0.2) is 0 Å². The van der Waals surface area contributed by atoms with Crippen molar-refractivity contribution in [1.29, 1.82) is 0 Å². The summed E-state index contributed by atoms with van der Waals surface area (Å²) in [5.41, 5.74) is 0.721. The second kappa shape index (κ2) is 7.11. The smallest absolute Gasteiger partial charge is 0.207 e. The standard InChI is InChI=1S/C14H15Cl2NO2S2/c1-2-17(10-12-4-3-7-20-12)21(18,19)13-6-5-11(9-15)14(16)8-13/h3-8H,2,9-10H2,1H3. The summed E-state index contributed by atoms with van der Waals surface area (Å²) in [6.45, 7) is 2.58. The summed E-state index contributed by atoms with van der Waals surface area (Å²) < 4.78 is 26.8. The van der Waals surface area contributed by atoms with E-state index in [1.807, 2.05) is 24.4 Å². The summed E-state index contributed by atoms with van der Waals surface area (Å²) in [5.74, 6) is 0.256. The van der Waals surface area contributed by atoms with Gasteiger partial charge in [0, 0.05) is 28.9 Å². The lowest BCUT2D eigenvalue weighted by Crippen LogP contribution is -2.30. The Morgan fingerprint density at radius 3 is 2.57 bits per heavy atom. The lowest BCUT2D eigenvalue weighted by atomic mass is 10.2. The van der Waals surface area contributed by atoms with E-state index in [-0.39, 0.29) is 10.8 Å². The monoisotopic (exact) mass is 363 g/mol. The first-order valence-corrected chi connectivity index (χ1v) is 9.59. The molecule has 0 saturated heterocycles. The summed E-state index contributed by atoms with van der Waals surface area (Å²) in [6, 6.07) is 8.50. The van der Waals surface area contributed by atoms with Crippen LogP contribution in [0.25, 0.3) is 0 Å². The molecule has 2 rings (SSSR count). The number of rotatable bonds is 6. The van der Waals surface area contributed by atoms with E-state index < -0.39 is 10.0 Å². The van der Waals surface area contributed by atoms with Crippen molar-refractivity contribution < 1.29 is 8.42 Å². The number of halogens is 2. The Morgan fingerprint density at radius 1 is 1.29 bits per heavy atom. The molecule has 0 N–H and O–H groups in total. The van der Waals surface area contributed by atoms with E-state index in [2.05, 4.69) is 0 Å². The number of hydrogen-bond donors (Lipinski definition) is 0. The molecular formula is C14H15Cl2NO2S2. The third-order valence-electron chi connectivity index (χ3n) is 3.07. The molecule has 0 aliphatic heterocycles. The van der Waals surface area contributed by atoms with Gasteiger partial charge < -0.3 is 0 Å². The van der Waals surface area contributed by atoms with Crippen LogP contribution in [0.1, 0.15) is 17.4 Å². The molecule has 0 spiro atoms. The van der Waals surface area contributed by atoms with Crippen LogP contribution in [-0.4, -0.2) is 19.3 Å². The molecule has 21 heavy (non-hydrogen) atoms. The van der Waals surface area contributed by atoms with Gasteiger partial charge in [-0.15, -0.1) is 22.9 Å². The minimum atomic E-state index is -3.56. The predicted octanol–water partition coefficient (Wildman–Crippen LogP) is 4.35. The predicted molar refractivity (Wildman–Crippen MR) is 88.6 cm³/mol. The van der Waals surface area contributed by atoms with Crippen LogP contribution in [0.4, 0.5) is 0 Å². The van der Waals surface area contributed by atoms with E-state index in [9.17, 15) is 8.42 Å². The van der Waals surface area contributed by atoms with Gasteiger partial charge in [0.2, 0.25) is 10.0 Å². The lowest BCUT2D eigenvalue weighted by molar-refractivity contribution is 0.426. The van der Waals surface area contributed by atoms with Gasteiger partial charge in [-0.25, -0.2) is 8.42 Å². The van der Waals surface area contributed by atoms with Crippen molar-refractivity contribution in [3.05, 3.63) is 51.2 Å². The molecule has 0 saturated carbocycles. The summed E-state index contributed by atoms with van der Waals surface area (Å²) in [7, 11) is -3.56. The molecule has 0 fully saturated rings. The Labute approximate surface area is 139 Å². The first-order chi connectivity index (χ1) is 9.98. The highest BCUT2D eigenvalue weighted by atomic mass is 35.5. The van der Waals surface area contributed by atoms with Gasteiger partial charge in [-0.1, -0.05) is 30.7 Å². The van der Waals surface area contributed by atoms with Crippen molar-refractivity contribution in [2.45, 2.75) is 24.2 Å². The van der Waals surface area contributed by atoms with Crippen molar-refractivity contribution in [2.24, 2.45) is 0 Å². The van der Waals surface area contributed by atoms with E-state index in [1.54, 1.807) is 12.1 Å². The highest BCUT2D eigenvalue weighted by Gasteiger charge is 2.24. The Morgan fingerprint density at radius 2 is 2.05 bits per heavy atom. The SMILES string of the molecule is CCN(Cc1cccs1)S(=O)(=O)c1ccc(CCl)c(Cl)c1. The molecule has 2 aromatic rings. The Balaban J connectivity index is 2.32. The van der Waals surface area contributed by atoms with Crippen LogP contribution >= 0.6 is 34.5 Å². The van der Waals surface area contributed by atoms with Crippen LogP contribution < -0.4 is 0 Å². The summed E-state index contributed by atoms with van der Waals surface area (Å²) in [5, 5.41) is 2.31. The average Bonchev–Trinajstić information content (AvgIpc) is 2.97. The molecule has 0 aliphatic rings. The van der Waals surface area contributed by atoms with Crippen LogP contribution in [0.3, 0.4) is 0 Å². The second-order valence-corrected chi connectivity index (χ2v) is 8.04. The summed E-state index contributed by atoms with van der Waals surface area (Å²) >= 11 is 13.3. The maximum atomic E-state index is 12.7. The maximum absolute atomic E-state index is 12.7. The normalized spacial score (nSPS) is 12.0. The van der Waals surface area contributed by atoms with Crippen molar-refractivity contribution in [3.8, 4) is 0 Å². The van der Waals surface area contributed by atoms with Crippen LogP contribution in [0.5, 0.6) is 0 Å². The Hall–Kier alpha value is -0.590.